The lowest BCUT2D eigenvalue weighted by atomic mass is 10.5. The third-order valence-corrected chi connectivity index (χ3v) is 12.2. The van der Waals surface area contributed by atoms with Gasteiger partial charge in [0, 0.05) is 64.8 Å². The second-order valence-corrected chi connectivity index (χ2v) is 15.0. The molecule has 0 spiro atoms. The van der Waals surface area contributed by atoms with Crippen LogP contribution in [0.2, 0.25) is 22.7 Å². The van der Waals surface area contributed by atoms with Gasteiger partial charge in [0.15, 0.2) is 0 Å². The Bertz CT molecular complexity index is 1030. The number of hydrogen-bond acceptors (Lipinski definition) is 18. The summed E-state index contributed by atoms with van der Waals surface area (Å²) in [5.41, 5.74) is 4.71. The molecule has 0 saturated heterocycles. The van der Waals surface area contributed by atoms with E-state index in [1.54, 1.807) is 0 Å². The maximum Gasteiger partial charge on any atom is 0.500 e. The van der Waals surface area contributed by atoms with Crippen LogP contribution in [0, 0.1) is 0 Å². The van der Waals surface area contributed by atoms with Gasteiger partial charge in [0.25, 0.3) is 0 Å². The molecule has 0 radical (unpaired) electrons. The number of nitrogens with one attached hydrogen (secondary N) is 4. The van der Waals surface area contributed by atoms with Gasteiger partial charge in [0.05, 0.1) is 0 Å². The monoisotopic (exact) mass is 760 g/mol. The van der Waals surface area contributed by atoms with Gasteiger partial charge in [-0.15, -0.1) is 0 Å². The van der Waals surface area contributed by atoms with Crippen molar-refractivity contribution in [2.45, 2.75) is 81.3 Å². The summed E-state index contributed by atoms with van der Waals surface area (Å²) in [6, 6.07) is 1.41. The van der Waals surface area contributed by atoms with Crippen molar-refractivity contribution in [1.82, 2.24) is 29.9 Å². The number of rotatable bonds is 24. The first-order valence-corrected chi connectivity index (χ1v) is 19.9. The molecular formula is C26H58Cl2N12O6Si2. The molecule has 2 aromatic heterocycles. The van der Waals surface area contributed by atoms with Crippen molar-refractivity contribution in [3.05, 3.63) is 10.6 Å². The second-order valence-electron chi connectivity index (χ2n) is 8.82. The standard InChI is InChI=1S/C12H22Cl2N4O3Si.C12H28N8O3Si.2CH4/c1-4-19-22(20-5-2,21-6-3)9-7-8-15-12-17-10(13)16-11(14)18-12;1-4-21-24(22-5-2,23-6-3)9-7-8-15-10-16-11(19-13)18-12(17-10)20-14;;/h4-9H2,1-3H3,(H,15,16,17,18);4-9,13-14H2,1-3H3,(H3,15,16,17,18,19,20);2*1H4. The fourth-order valence-corrected chi connectivity index (χ4v) is 9.59. The number of hydrogen-bond donors (Lipinski definition) is 6. The normalized spacial score (nSPS) is 11.0. The Morgan fingerprint density at radius 3 is 1.08 bits per heavy atom. The van der Waals surface area contributed by atoms with Gasteiger partial charge in [-0.1, -0.05) is 14.9 Å². The molecule has 8 N–H and O–H groups in total. The van der Waals surface area contributed by atoms with E-state index in [1.807, 2.05) is 41.5 Å². The topological polar surface area (TPSA) is 233 Å². The van der Waals surface area contributed by atoms with Crippen LogP contribution in [0.5, 0.6) is 0 Å². The van der Waals surface area contributed by atoms with Crippen molar-refractivity contribution in [2.24, 2.45) is 11.7 Å². The van der Waals surface area contributed by atoms with Gasteiger partial charge in [-0.25, -0.2) is 11.7 Å². The Labute approximate surface area is 298 Å². The summed E-state index contributed by atoms with van der Waals surface area (Å²) in [6.45, 7) is 16.2. The number of halogens is 2. The molecule has 0 aromatic carbocycles. The largest absolute Gasteiger partial charge is 0.500 e. The number of nitrogen functional groups attached to an aromatic ring is 2. The molecule has 0 amide bonds. The SMILES string of the molecule is C.C.CCO[Si](CCCNc1nc(Cl)nc(Cl)n1)(OCC)OCC.CCO[Si](CCCNc1nc(NN)nc(NN)n1)(OCC)OCC. The molecule has 18 nitrogen and oxygen atoms in total. The van der Waals surface area contributed by atoms with Crippen LogP contribution in [0.25, 0.3) is 0 Å². The Morgan fingerprint density at radius 1 is 0.500 bits per heavy atom. The van der Waals surface area contributed by atoms with Crippen LogP contribution >= 0.6 is 23.2 Å². The van der Waals surface area contributed by atoms with E-state index in [0.29, 0.717) is 76.7 Å². The minimum absolute atomic E-state index is 0. The summed E-state index contributed by atoms with van der Waals surface area (Å²) >= 11 is 11.4. The van der Waals surface area contributed by atoms with Gasteiger partial charge in [-0.2, -0.15) is 29.9 Å². The highest BCUT2D eigenvalue weighted by Gasteiger charge is 2.40. The molecule has 280 valence electrons. The first-order chi connectivity index (χ1) is 22.2. The minimum Gasteiger partial charge on any atom is -0.374 e. The highest BCUT2D eigenvalue weighted by atomic mass is 35.5. The zero-order valence-corrected chi connectivity index (χ0v) is 31.0. The third-order valence-electron chi connectivity index (χ3n) is 5.55. The molecule has 2 heterocycles. The predicted octanol–water partition coefficient (Wildman–Crippen LogP) is 4.59. The summed E-state index contributed by atoms with van der Waals surface area (Å²) in [7, 11) is -5.23. The van der Waals surface area contributed by atoms with E-state index in [4.69, 9.17) is 61.4 Å². The molecule has 0 unspecified atom stereocenters. The molecule has 48 heavy (non-hydrogen) atoms. The highest BCUT2D eigenvalue weighted by molar-refractivity contribution is 6.61. The quantitative estimate of drug-likeness (QED) is 0.0371. The van der Waals surface area contributed by atoms with E-state index in [9.17, 15) is 0 Å². The van der Waals surface area contributed by atoms with Gasteiger partial charge in [-0.05, 0) is 77.6 Å². The molecule has 2 aromatic rings. The van der Waals surface area contributed by atoms with E-state index in [1.165, 1.54) is 0 Å². The molecule has 2 rings (SSSR count). The van der Waals surface area contributed by atoms with Crippen LogP contribution in [0.3, 0.4) is 0 Å². The molecule has 0 aliphatic rings. The Balaban J connectivity index is 0. The maximum absolute atomic E-state index is 5.81. The van der Waals surface area contributed by atoms with E-state index < -0.39 is 17.6 Å². The predicted molar refractivity (Wildman–Crippen MR) is 196 cm³/mol. The van der Waals surface area contributed by atoms with Crippen molar-refractivity contribution < 1.29 is 26.6 Å². The molecule has 0 bridgehead atoms. The Kier molecular flexibility index (Phi) is 27.7. The van der Waals surface area contributed by atoms with Crippen molar-refractivity contribution in [3.63, 3.8) is 0 Å². The summed E-state index contributed by atoms with van der Waals surface area (Å²) in [5.74, 6) is 11.8. The van der Waals surface area contributed by atoms with Gasteiger partial charge < -0.3 is 37.2 Å². The van der Waals surface area contributed by atoms with Gasteiger partial charge in [0.1, 0.15) is 0 Å². The lowest BCUT2D eigenvalue weighted by Gasteiger charge is -2.28. The van der Waals surface area contributed by atoms with Gasteiger partial charge in [-0.3, -0.25) is 10.9 Å². The van der Waals surface area contributed by atoms with Crippen molar-refractivity contribution in [1.29, 1.82) is 0 Å². The van der Waals surface area contributed by atoms with Crippen LogP contribution in [-0.4, -0.2) is 100 Å². The smallest absolute Gasteiger partial charge is 0.374 e. The van der Waals surface area contributed by atoms with E-state index in [2.05, 4.69) is 51.4 Å². The molecule has 0 saturated carbocycles. The Hall–Kier alpha value is -2.09. The zero-order chi connectivity index (χ0) is 34.3. The van der Waals surface area contributed by atoms with Crippen LogP contribution in [0.1, 0.15) is 69.2 Å². The lowest BCUT2D eigenvalue weighted by Crippen LogP contribution is -2.46. The first kappa shape index (κ1) is 48.0. The van der Waals surface area contributed by atoms with Gasteiger partial charge >= 0.3 is 17.6 Å². The van der Waals surface area contributed by atoms with Crippen molar-refractivity contribution >= 4 is 64.6 Å². The average molecular weight is 762 g/mol. The maximum atomic E-state index is 5.81. The number of aromatic nitrogens is 6. The second kappa shape index (κ2) is 27.7. The van der Waals surface area contributed by atoms with E-state index in [-0.39, 0.29) is 37.3 Å². The summed E-state index contributed by atoms with van der Waals surface area (Å²) in [4.78, 5) is 23.7. The number of anilines is 4. The molecular weight excluding hydrogens is 703 g/mol. The zero-order valence-electron chi connectivity index (χ0n) is 27.5. The van der Waals surface area contributed by atoms with Crippen LogP contribution in [-0.2, 0) is 26.6 Å². The van der Waals surface area contributed by atoms with Crippen LogP contribution in [0.4, 0.5) is 23.8 Å². The number of nitrogens with two attached hydrogens (primary N) is 2. The Morgan fingerprint density at radius 2 is 0.792 bits per heavy atom. The fourth-order valence-electron chi connectivity index (χ4n) is 4.00. The fraction of sp³-hybridized carbons (Fsp3) is 0.769. The average Bonchev–Trinajstić information content (AvgIpc) is 3.02. The highest BCUT2D eigenvalue weighted by Crippen LogP contribution is 2.20. The van der Waals surface area contributed by atoms with Crippen molar-refractivity contribution in [3.8, 4) is 0 Å². The van der Waals surface area contributed by atoms with Crippen LogP contribution < -0.4 is 33.2 Å². The summed E-state index contributed by atoms with van der Waals surface area (Å²) in [5, 5.41) is 6.26. The van der Waals surface area contributed by atoms with E-state index in [0.717, 1.165) is 12.8 Å². The van der Waals surface area contributed by atoms with E-state index >= 15 is 0 Å². The van der Waals surface area contributed by atoms with Gasteiger partial charge in [0.2, 0.25) is 34.4 Å². The lowest BCUT2D eigenvalue weighted by molar-refractivity contribution is 0.0702. The number of nitrogens with zero attached hydrogens (tertiary/aromatic N) is 6. The van der Waals surface area contributed by atoms with Crippen molar-refractivity contribution in [2.75, 3.05) is 74.2 Å². The minimum atomic E-state index is -2.63. The molecule has 0 fully saturated rings. The molecule has 0 atom stereocenters. The number of hydrazine groups is 2. The first-order valence-electron chi connectivity index (χ1n) is 15.3. The third kappa shape index (κ3) is 18.6. The molecule has 0 aliphatic carbocycles. The van der Waals surface area contributed by atoms with Crippen LogP contribution in [0.15, 0.2) is 0 Å². The summed E-state index contributed by atoms with van der Waals surface area (Å²) in [6.07, 6.45) is 1.56. The molecule has 22 heteroatoms. The molecule has 0 aliphatic heterocycles. The summed E-state index contributed by atoms with van der Waals surface area (Å²) < 4.78 is 34.8.